The van der Waals surface area contributed by atoms with Crippen LogP contribution in [0, 0.1) is 11.3 Å². The molecule has 2 aromatic carbocycles. The average molecular weight is 346 g/mol. The summed E-state index contributed by atoms with van der Waals surface area (Å²) in [5.41, 5.74) is 2.27. The summed E-state index contributed by atoms with van der Waals surface area (Å²) in [6.45, 7) is 0.201. The van der Waals surface area contributed by atoms with Crippen LogP contribution in [0.4, 0.5) is 0 Å². The van der Waals surface area contributed by atoms with Crippen molar-refractivity contribution in [2.75, 3.05) is 6.54 Å². The second-order valence-corrected chi connectivity index (χ2v) is 7.50. The summed E-state index contributed by atoms with van der Waals surface area (Å²) >= 11 is 0. The summed E-state index contributed by atoms with van der Waals surface area (Å²) in [5.74, 6) is -0.199. The van der Waals surface area contributed by atoms with Crippen LogP contribution < -0.4 is 5.32 Å². The van der Waals surface area contributed by atoms with E-state index in [1.54, 1.807) is 12.1 Å². The Hall–Kier alpha value is -2.64. The monoisotopic (exact) mass is 346 g/mol. The van der Waals surface area contributed by atoms with Crippen LogP contribution in [0.1, 0.15) is 52.7 Å². The van der Waals surface area contributed by atoms with Gasteiger partial charge in [-0.05, 0) is 60.9 Å². The normalized spacial score (nSPS) is 22.8. The Morgan fingerprint density at radius 1 is 1.12 bits per heavy atom. The zero-order valence-corrected chi connectivity index (χ0v) is 14.7. The predicted octanol–water partition coefficient (Wildman–Crippen LogP) is 3.20. The molecule has 2 aliphatic carbocycles. The minimum atomic E-state index is -1.01. The van der Waals surface area contributed by atoms with Gasteiger partial charge in [0, 0.05) is 5.56 Å². The van der Waals surface area contributed by atoms with E-state index in [0.717, 1.165) is 42.4 Å². The Morgan fingerprint density at radius 2 is 1.85 bits per heavy atom. The quantitative estimate of drug-likeness (QED) is 0.893. The molecule has 4 nitrogen and oxygen atoms in total. The maximum atomic E-state index is 12.5. The molecule has 0 bridgehead atoms. The van der Waals surface area contributed by atoms with Crippen LogP contribution in [0.25, 0.3) is 0 Å². The first-order valence-electron chi connectivity index (χ1n) is 9.17. The number of nitrogens with one attached hydrogen (secondary N) is 1. The van der Waals surface area contributed by atoms with Crippen LogP contribution >= 0.6 is 0 Å². The van der Waals surface area contributed by atoms with Gasteiger partial charge >= 0.3 is 0 Å². The number of hydrogen-bond acceptors (Lipinski definition) is 3. The van der Waals surface area contributed by atoms with Gasteiger partial charge in [-0.1, -0.05) is 36.4 Å². The third kappa shape index (κ3) is 2.89. The highest BCUT2D eigenvalue weighted by molar-refractivity contribution is 5.94. The molecule has 2 N–H and O–H groups in total. The van der Waals surface area contributed by atoms with Crippen molar-refractivity contribution < 1.29 is 9.90 Å². The first kappa shape index (κ1) is 16.8. The van der Waals surface area contributed by atoms with Crippen molar-refractivity contribution >= 4 is 5.91 Å². The molecule has 1 saturated carbocycles. The fourth-order valence-corrected chi connectivity index (χ4v) is 3.94. The van der Waals surface area contributed by atoms with Gasteiger partial charge in [0.1, 0.15) is 5.60 Å². The average Bonchev–Trinajstić information content (AvgIpc) is 3.48. The second kappa shape index (κ2) is 6.26. The first-order valence-corrected chi connectivity index (χ1v) is 9.17. The number of hydrogen-bond donors (Lipinski definition) is 2. The molecule has 4 heteroatoms. The molecule has 1 atom stereocenters. The molecule has 0 aliphatic heterocycles. The van der Waals surface area contributed by atoms with Gasteiger partial charge < -0.3 is 10.4 Å². The number of fused-ring (bicyclic) bond motifs is 1. The molecule has 0 heterocycles. The molecular weight excluding hydrogens is 324 g/mol. The van der Waals surface area contributed by atoms with Crippen molar-refractivity contribution in [3.05, 3.63) is 70.8 Å². The molecule has 26 heavy (non-hydrogen) atoms. The Balaban J connectivity index is 1.45. The number of amides is 1. The van der Waals surface area contributed by atoms with E-state index in [1.165, 1.54) is 0 Å². The number of aliphatic hydroxyl groups is 1. The number of aryl methyl sites for hydroxylation is 1. The van der Waals surface area contributed by atoms with Crippen LogP contribution in [0.3, 0.4) is 0 Å². The van der Waals surface area contributed by atoms with E-state index in [4.69, 9.17) is 0 Å². The first-order chi connectivity index (χ1) is 12.6. The zero-order chi connectivity index (χ0) is 18.2. The summed E-state index contributed by atoms with van der Waals surface area (Å²) in [6.07, 6.45) is 4.31. The lowest BCUT2D eigenvalue weighted by atomic mass is 9.79. The SMILES string of the molecule is N#CC1(c2ccc(C(=O)NCC3(O)CCCc4ccccc43)cc2)CC1. The number of nitrogens with zero attached hydrogens (tertiary/aromatic N) is 1. The second-order valence-electron chi connectivity index (χ2n) is 7.50. The lowest BCUT2D eigenvalue weighted by Gasteiger charge is -2.34. The van der Waals surface area contributed by atoms with Crippen molar-refractivity contribution in [3.63, 3.8) is 0 Å². The Morgan fingerprint density at radius 3 is 2.54 bits per heavy atom. The van der Waals surface area contributed by atoms with Gasteiger partial charge in [-0.15, -0.1) is 0 Å². The van der Waals surface area contributed by atoms with E-state index in [1.807, 2.05) is 36.4 Å². The van der Waals surface area contributed by atoms with Crippen molar-refractivity contribution in [2.45, 2.75) is 43.1 Å². The highest BCUT2D eigenvalue weighted by Gasteiger charge is 2.44. The van der Waals surface area contributed by atoms with Gasteiger partial charge in [0.15, 0.2) is 0 Å². The molecule has 0 saturated heterocycles. The topological polar surface area (TPSA) is 73.1 Å². The van der Waals surface area contributed by atoms with Crippen LogP contribution in [-0.2, 0) is 17.4 Å². The number of carbonyl (C=O) groups is 1. The minimum absolute atomic E-state index is 0.199. The Kier molecular flexibility index (Phi) is 4.05. The van der Waals surface area contributed by atoms with E-state index < -0.39 is 5.60 Å². The smallest absolute Gasteiger partial charge is 0.251 e. The largest absolute Gasteiger partial charge is 0.383 e. The van der Waals surface area contributed by atoms with Gasteiger partial charge in [-0.25, -0.2) is 0 Å². The summed E-state index contributed by atoms with van der Waals surface area (Å²) in [5, 5.41) is 23.2. The molecule has 0 aromatic heterocycles. The van der Waals surface area contributed by atoms with Gasteiger partial charge in [0.2, 0.25) is 0 Å². The van der Waals surface area contributed by atoms with Gasteiger partial charge in [0.05, 0.1) is 18.0 Å². The lowest BCUT2D eigenvalue weighted by molar-refractivity contribution is 0.0189. The molecule has 0 spiro atoms. The summed E-state index contributed by atoms with van der Waals surface area (Å²) in [6, 6.07) is 17.5. The summed E-state index contributed by atoms with van der Waals surface area (Å²) in [7, 11) is 0. The molecule has 0 radical (unpaired) electrons. The molecule has 1 amide bonds. The molecular formula is C22H22N2O2. The van der Waals surface area contributed by atoms with Crippen molar-refractivity contribution in [1.29, 1.82) is 5.26 Å². The third-order valence-electron chi connectivity index (χ3n) is 5.76. The van der Waals surface area contributed by atoms with Crippen molar-refractivity contribution in [3.8, 4) is 6.07 Å². The van der Waals surface area contributed by atoms with Crippen LogP contribution in [0.2, 0.25) is 0 Å². The number of rotatable bonds is 4. The predicted molar refractivity (Wildman–Crippen MR) is 98.6 cm³/mol. The molecule has 1 unspecified atom stereocenters. The zero-order valence-electron chi connectivity index (χ0n) is 14.7. The highest BCUT2D eigenvalue weighted by Crippen LogP contribution is 2.47. The molecule has 4 rings (SSSR count). The van der Waals surface area contributed by atoms with Gasteiger partial charge in [-0.3, -0.25) is 4.79 Å². The maximum absolute atomic E-state index is 12.5. The minimum Gasteiger partial charge on any atom is -0.383 e. The van der Waals surface area contributed by atoms with E-state index in [2.05, 4.69) is 11.4 Å². The highest BCUT2D eigenvalue weighted by atomic mass is 16.3. The number of carbonyl (C=O) groups excluding carboxylic acids is 1. The Labute approximate surface area is 153 Å². The molecule has 1 fully saturated rings. The van der Waals surface area contributed by atoms with Gasteiger partial charge in [-0.2, -0.15) is 5.26 Å². The summed E-state index contributed by atoms with van der Waals surface area (Å²) in [4.78, 5) is 12.5. The van der Waals surface area contributed by atoms with E-state index in [9.17, 15) is 15.2 Å². The number of benzene rings is 2. The maximum Gasteiger partial charge on any atom is 0.251 e. The Bertz CT molecular complexity index is 878. The van der Waals surface area contributed by atoms with E-state index in [-0.39, 0.29) is 17.9 Å². The third-order valence-corrected chi connectivity index (χ3v) is 5.76. The van der Waals surface area contributed by atoms with Crippen LogP contribution in [0.5, 0.6) is 0 Å². The van der Waals surface area contributed by atoms with Crippen LogP contribution in [-0.4, -0.2) is 17.6 Å². The molecule has 132 valence electrons. The van der Waals surface area contributed by atoms with E-state index >= 15 is 0 Å². The van der Waals surface area contributed by atoms with E-state index in [0.29, 0.717) is 12.0 Å². The van der Waals surface area contributed by atoms with Crippen LogP contribution in [0.15, 0.2) is 48.5 Å². The molecule has 2 aromatic rings. The van der Waals surface area contributed by atoms with Gasteiger partial charge in [0.25, 0.3) is 5.91 Å². The fraction of sp³-hybridized carbons (Fsp3) is 0.364. The number of nitriles is 1. The summed E-state index contributed by atoms with van der Waals surface area (Å²) < 4.78 is 0. The molecule has 2 aliphatic rings. The fourth-order valence-electron chi connectivity index (χ4n) is 3.94. The standard InChI is InChI=1S/C22H22N2O2/c23-14-21(12-13-21)18-9-7-17(8-10-18)20(25)24-15-22(26)11-3-5-16-4-1-2-6-19(16)22/h1-2,4,6-10,26H,3,5,11-13,15H2,(H,24,25). The van der Waals surface area contributed by atoms with Crippen molar-refractivity contribution in [2.24, 2.45) is 0 Å². The lowest BCUT2D eigenvalue weighted by Crippen LogP contribution is -2.43. The van der Waals surface area contributed by atoms with Crippen molar-refractivity contribution in [1.82, 2.24) is 5.32 Å².